The summed E-state index contributed by atoms with van der Waals surface area (Å²) < 4.78 is 26.8. The minimum atomic E-state index is -2.84. The van der Waals surface area contributed by atoms with E-state index in [2.05, 4.69) is 5.10 Å². The van der Waals surface area contributed by atoms with Crippen molar-refractivity contribution < 1.29 is 13.7 Å². The lowest BCUT2D eigenvalue weighted by atomic mass is 9.71. The van der Waals surface area contributed by atoms with Gasteiger partial charge in [-0.05, 0) is 0 Å². The highest BCUT2D eigenvalue weighted by Crippen LogP contribution is 2.51. The first kappa shape index (κ1) is 10.9. The van der Waals surface area contributed by atoms with Crippen LogP contribution in [-0.4, -0.2) is 20.6 Å². The second kappa shape index (κ2) is 2.97. The SMILES string of the molecule is Cn1ncc([N+](=O)[O-])c1C1(N)CC(F)(F)C1. The van der Waals surface area contributed by atoms with Gasteiger partial charge in [0.05, 0.1) is 10.5 Å². The molecule has 1 saturated carbocycles. The summed E-state index contributed by atoms with van der Waals surface area (Å²) in [5.74, 6) is -2.84. The average Bonchev–Trinajstić information content (AvgIpc) is 2.43. The summed E-state index contributed by atoms with van der Waals surface area (Å²) >= 11 is 0. The minimum Gasteiger partial charge on any atom is -0.320 e. The maximum Gasteiger partial charge on any atom is 0.312 e. The molecule has 0 aromatic carbocycles. The van der Waals surface area contributed by atoms with Crippen molar-refractivity contribution in [2.75, 3.05) is 0 Å². The van der Waals surface area contributed by atoms with Crippen LogP contribution >= 0.6 is 0 Å². The zero-order valence-electron chi connectivity index (χ0n) is 8.48. The summed E-state index contributed by atoms with van der Waals surface area (Å²) in [6.45, 7) is 0. The lowest BCUT2D eigenvalue weighted by Gasteiger charge is -2.43. The van der Waals surface area contributed by atoms with Gasteiger partial charge >= 0.3 is 5.69 Å². The molecule has 1 aromatic rings. The number of nitro groups is 1. The van der Waals surface area contributed by atoms with Gasteiger partial charge in [0.15, 0.2) is 0 Å². The average molecular weight is 232 g/mol. The number of aryl methyl sites for hydroxylation is 1. The molecular formula is C8H10F2N4O2. The van der Waals surface area contributed by atoms with E-state index in [0.29, 0.717) is 0 Å². The van der Waals surface area contributed by atoms with Gasteiger partial charge < -0.3 is 5.73 Å². The van der Waals surface area contributed by atoms with E-state index in [4.69, 9.17) is 5.73 Å². The third kappa shape index (κ3) is 1.45. The van der Waals surface area contributed by atoms with Crippen LogP contribution in [0.15, 0.2) is 6.20 Å². The summed E-state index contributed by atoms with van der Waals surface area (Å²) in [6, 6.07) is 0. The Bertz CT molecular complexity index is 449. The maximum absolute atomic E-state index is 12.8. The van der Waals surface area contributed by atoms with Crippen LogP contribution in [0.3, 0.4) is 0 Å². The topological polar surface area (TPSA) is 87.0 Å². The van der Waals surface area contributed by atoms with Crippen molar-refractivity contribution in [2.45, 2.75) is 24.3 Å². The molecule has 88 valence electrons. The zero-order chi connectivity index (χ0) is 12.1. The van der Waals surface area contributed by atoms with Crippen LogP contribution in [0, 0.1) is 10.1 Å². The molecule has 0 spiro atoms. The molecule has 0 bridgehead atoms. The molecule has 16 heavy (non-hydrogen) atoms. The van der Waals surface area contributed by atoms with E-state index in [1.54, 1.807) is 0 Å². The number of rotatable bonds is 2. The van der Waals surface area contributed by atoms with Crippen LogP contribution in [0.25, 0.3) is 0 Å². The van der Waals surface area contributed by atoms with E-state index in [9.17, 15) is 18.9 Å². The molecule has 0 amide bonds. The number of halogens is 2. The molecule has 0 radical (unpaired) electrons. The van der Waals surface area contributed by atoms with Gasteiger partial charge in [0.1, 0.15) is 11.9 Å². The van der Waals surface area contributed by atoms with Crippen molar-refractivity contribution in [1.29, 1.82) is 0 Å². The van der Waals surface area contributed by atoms with Crippen LogP contribution in [0.1, 0.15) is 18.5 Å². The maximum atomic E-state index is 12.8. The number of hydrogen-bond acceptors (Lipinski definition) is 4. The van der Waals surface area contributed by atoms with Crippen molar-refractivity contribution in [3.63, 3.8) is 0 Å². The van der Waals surface area contributed by atoms with Gasteiger partial charge in [-0.2, -0.15) is 5.10 Å². The first-order chi connectivity index (χ1) is 7.25. The zero-order valence-corrected chi connectivity index (χ0v) is 8.48. The van der Waals surface area contributed by atoms with Crippen molar-refractivity contribution in [1.82, 2.24) is 9.78 Å². The minimum absolute atomic E-state index is 0.0587. The molecule has 6 nitrogen and oxygen atoms in total. The third-order valence-electron chi connectivity index (χ3n) is 2.74. The molecule has 1 aliphatic carbocycles. The van der Waals surface area contributed by atoms with Crippen molar-refractivity contribution in [3.8, 4) is 0 Å². The monoisotopic (exact) mass is 232 g/mol. The van der Waals surface area contributed by atoms with Gasteiger partial charge in [-0.25, -0.2) is 8.78 Å². The van der Waals surface area contributed by atoms with E-state index in [-0.39, 0.29) is 11.4 Å². The van der Waals surface area contributed by atoms with Crippen LogP contribution < -0.4 is 5.73 Å². The summed E-state index contributed by atoms with van der Waals surface area (Å²) in [5, 5.41) is 14.4. The van der Waals surface area contributed by atoms with Gasteiger partial charge in [-0.1, -0.05) is 0 Å². The molecule has 0 atom stereocenters. The molecule has 2 N–H and O–H groups in total. The summed E-state index contributed by atoms with van der Waals surface area (Å²) in [4.78, 5) is 10.0. The standard InChI is InChI=1S/C8H10F2N4O2/c1-13-6(5(2-12-13)14(15)16)7(11)3-8(9,10)4-7/h2H,3-4,11H2,1H3. The molecule has 1 heterocycles. The van der Waals surface area contributed by atoms with E-state index in [1.807, 2.05) is 0 Å². The molecule has 0 unspecified atom stereocenters. The number of nitrogens with two attached hydrogens (primary N) is 1. The molecule has 1 fully saturated rings. The Kier molecular flexibility index (Phi) is 2.03. The highest BCUT2D eigenvalue weighted by molar-refractivity contribution is 5.40. The second-order valence-electron chi connectivity index (χ2n) is 4.12. The number of nitrogens with zero attached hydrogens (tertiary/aromatic N) is 3. The first-order valence-corrected chi connectivity index (χ1v) is 4.59. The second-order valence-corrected chi connectivity index (χ2v) is 4.12. The van der Waals surface area contributed by atoms with Crippen molar-refractivity contribution in [3.05, 3.63) is 22.0 Å². The molecule has 0 aliphatic heterocycles. The van der Waals surface area contributed by atoms with E-state index < -0.39 is 29.2 Å². The fourth-order valence-corrected chi connectivity index (χ4v) is 2.18. The highest BCUT2D eigenvalue weighted by Gasteiger charge is 2.58. The van der Waals surface area contributed by atoms with E-state index in [1.165, 1.54) is 11.7 Å². The Morgan fingerprint density at radius 2 is 2.19 bits per heavy atom. The lowest BCUT2D eigenvalue weighted by molar-refractivity contribution is -0.386. The van der Waals surface area contributed by atoms with Crippen molar-refractivity contribution >= 4 is 5.69 Å². The van der Waals surface area contributed by atoms with Gasteiger partial charge in [0.25, 0.3) is 5.92 Å². The van der Waals surface area contributed by atoms with Crippen LogP contribution in [0.2, 0.25) is 0 Å². The largest absolute Gasteiger partial charge is 0.320 e. The summed E-state index contributed by atoms with van der Waals surface area (Å²) in [7, 11) is 1.45. The molecule has 1 aromatic heterocycles. The Morgan fingerprint density at radius 1 is 1.62 bits per heavy atom. The molecule has 8 heteroatoms. The predicted molar refractivity (Wildman–Crippen MR) is 49.9 cm³/mol. The third-order valence-corrected chi connectivity index (χ3v) is 2.74. The smallest absolute Gasteiger partial charge is 0.312 e. The fraction of sp³-hybridized carbons (Fsp3) is 0.625. The molecule has 0 saturated heterocycles. The van der Waals surface area contributed by atoms with Crippen molar-refractivity contribution in [2.24, 2.45) is 12.8 Å². The van der Waals surface area contributed by atoms with Gasteiger partial charge in [-0.15, -0.1) is 0 Å². The summed E-state index contributed by atoms with van der Waals surface area (Å²) in [5.41, 5.74) is 4.14. The van der Waals surface area contributed by atoms with Crippen LogP contribution in [-0.2, 0) is 12.6 Å². The number of hydrogen-bond donors (Lipinski definition) is 1. The highest BCUT2D eigenvalue weighted by atomic mass is 19.3. The lowest BCUT2D eigenvalue weighted by Crippen LogP contribution is -2.56. The van der Waals surface area contributed by atoms with Gasteiger partial charge in [-0.3, -0.25) is 14.8 Å². The first-order valence-electron chi connectivity index (χ1n) is 4.59. The quantitative estimate of drug-likeness (QED) is 0.606. The Morgan fingerprint density at radius 3 is 2.62 bits per heavy atom. The fourth-order valence-electron chi connectivity index (χ4n) is 2.18. The summed E-state index contributed by atoms with van der Waals surface area (Å²) in [6.07, 6.45) is -0.138. The van der Waals surface area contributed by atoms with E-state index >= 15 is 0 Å². The normalized spacial score (nSPS) is 21.5. The molecule has 1 aliphatic rings. The van der Waals surface area contributed by atoms with E-state index in [0.717, 1.165) is 6.20 Å². The number of alkyl halides is 2. The number of aromatic nitrogens is 2. The predicted octanol–water partition coefficient (Wildman–Crippen LogP) is 0.911. The molecule has 2 rings (SSSR count). The van der Waals surface area contributed by atoms with Crippen LogP contribution in [0.4, 0.5) is 14.5 Å². The Labute approximate surface area is 89.2 Å². The van der Waals surface area contributed by atoms with Crippen LogP contribution in [0.5, 0.6) is 0 Å². The Hall–Kier alpha value is -1.57. The molecular weight excluding hydrogens is 222 g/mol. The van der Waals surface area contributed by atoms with Gasteiger partial charge in [0.2, 0.25) is 0 Å². The van der Waals surface area contributed by atoms with Gasteiger partial charge in [0, 0.05) is 19.9 Å². The Balaban J connectivity index is 2.41.